The lowest BCUT2D eigenvalue weighted by Gasteiger charge is -2.24. The average molecular weight is 353 g/mol. The van der Waals surface area contributed by atoms with Gasteiger partial charge >= 0.3 is 5.69 Å². The Kier molecular flexibility index (Phi) is 4.24. The summed E-state index contributed by atoms with van der Waals surface area (Å²) in [6, 6.07) is 9.82. The topological polar surface area (TPSA) is 75.9 Å². The minimum Gasteiger partial charge on any atom is -0.330 e. The number of aryl methyl sites for hydroxylation is 2. The predicted octanol–water partition coefficient (Wildman–Crippen LogP) is 1.57. The van der Waals surface area contributed by atoms with Crippen molar-refractivity contribution in [3.05, 3.63) is 62.7 Å². The van der Waals surface area contributed by atoms with Gasteiger partial charge in [-0.2, -0.15) is 0 Å². The molecule has 2 aromatic heterocycles. The maximum atomic E-state index is 12.1. The van der Waals surface area contributed by atoms with Crippen LogP contribution in [0, 0.1) is 6.92 Å². The molecular weight excluding hydrogens is 330 g/mol. The molecule has 0 radical (unpaired) electrons. The Balaban J connectivity index is 1.58. The Labute approximate surface area is 150 Å². The first kappa shape index (κ1) is 16.8. The van der Waals surface area contributed by atoms with Gasteiger partial charge in [-0.3, -0.25) is 14.3 Å². The normalized spacial score (nSPS) is 18.0. The van der Waals surface area contributed by atoms with Crippen LogP contribution in [0.2, 0.25) is 0 Å². The number of imidazole rings is 1. The number of fused-ring (bicyclic) bond motifs is 1. The fourth-order valence-electron chi connectivity index (χ4n) is 3.92. The number of aromatic amines is 1. The quantitative estimate of drug-likeness (QED) is 0.772. The Morgan fingerprint density at radius 2 is 2.04 bits per heavy atom. The first-order valence-corrected chi connectivity index (χ1v) is 9.01. The Hall–Kier alpha value is -2.67. The molecule has 136 valence electrons. The van der Waals surface area contributed by atoms with Gasteiger partial charge in [-0.05, 0) is 38.4 Å². The summed E-state index contributed by atoms with van der Waals surface area (Å²) >= 11 is 0. The van der Waals surface area contributed by atoms with Crippen LogP contribution in [-0.2, 0) is 13.6 Å². The highest BCUT2D eigenvalue weighted by atomic mass is 16.2. The van der Waals surface area contributed by atoms with Crippen molar-refractivity contribution >= 4 is 11.0 Å². The SMILES string of the molecule is Cc1cc(=O)n(CCN2CCCC2c2nc3ccccc3n2C)c(=O)[nH]1. The third kappa shape index (κ3) is 2.88. The van der Waals surface area contributed by atoms with E-state index in [0.29, 0.717) is 18.8 Å². The molecule has 4 rings (SSSR count). The summed E-state index contributed by atoms with van der Waals surface area (Å²) in [6.07, 6.45) is 2.13. The summed E-state index contributed by atoms with van der Waals surface area (Å²) in [4.78, 5) is 34.0. The molecule has 1 aliphatic heterocycles. The standard InChI is InChI=1S/C19H23N5O2/c1-13-12-17(25)24(19(26)20-13)11-10-23-9-5-8-16(23)18-21-14-6-3-4-7-15(14)22(18)2/h3-4,6-7,12,16H,5,8-11H2,1-2H3,(H,20,26). The lowest BCUT2D eigenvalue weighted by Crippen LogP contribution is -2.39. The molecule has 0 bridgehead atoms. The van der Waals surface area contributed by atoms with Gasteiger partial charge in [-0.15, -0.1) is 0 Å². The van der Waals surface area contributed by atoms with E-state index in [9.17, 15) is 9.59 Å². The number of para-hydroxylation sites is 2. The van der Waals surface area contributed by atoms with Crippen molar-refractivity contribution in [1.29, 1.82) is 0 Å². The van der Waals surface area contributed by atoms with Gasteiger partial charge < -0.3 is 9.55 Å². The Morgan fingerprint density at radius 1 is 1.23 bits per heavy atom. The van der Waals surface area contributed by atoms with Gasteiger partial charge in [-0.25, -0.2) is 9.78 Å². The second-order valence-electron chi connectivity index (χ2n) is 6.96. The van der Waals surface area contributed by atoms with Crippen LogP contribution in [-0.4, -0.2) is 37.1 Å². The third-order valence-electron chi connectivity index (χ3n) is 5.25. The van der Waals surface area contributed by atoms with E-state index in [1.54, 1.807) is 6.92 Å². The van der Waals surface area contributed by atoms with Gasteiger partial charge in [0.1, 0.15) is 5.82 Å². The number of nitrogens with one attached hydrogen (secondary N) is 1. The van der Waals surface area contributed by atoms with Gasteiger partial charge in [0.05, 0.1) is 17.1 Å². The highest BCUT2D eigenvalue weighted by molar-refractivity contribution is 5.75. The molecule has 0 aliphatic carbocycles. The van der Waals surface area contributed by atoms with Crippen LogP contribution >= 0.6 is 0 Å². The average Bonchev–Trinajstić information content (AvgIpc) is 3.19. The molecule has 1 aliphatic rings. The minimum absolute atomic E-state index is 0.215. The molecule has 7 nitrogen and oxygen atoms in total. The summed E-state index contributed by atoms with van der Waals surface area (Å²) in [6.45, 7) is 3.70. The van der Waals surface area contributed by atoms with Crippen LogP contribution in [0.3, 0.4) is 0 Å². The van der Waals surface area contributed by atoms with Crippen molar-refractivity contribution in [2.75, 3.05) is 13.1 Å². The van der Waals surface area contributed by atoms with E-state index in [-0.39, 0.29) is 17.3 Å². The van der Waals surface area contributed by atoms with Crippen molar-refractivity contribution < 1.29 is 0 Å². The zero-order valence-corrected chi connectivity index (χ0v) is 15.1. The zero-order valence-electron chi connectivity index (χ0n) is 15.1. The van der Waals surface area contributed by atoms with Gasteiger partial charge in [-0.1, -0.05) is 12.1 Å². The van der Waals surface area contributed by atoms with Crippen molar-refractivity contribution in [3.8, 4) is 0 Å². The van der Waals surface area contributed by atoms with Crippen molar-refractivity contribution in [2.45, 2.75) is 32.4 Å². The molecule has 1 saturated heterocycles. The van der Waals surface area contributed by atoms with Gasteiger partial charge in [0, 0.05) is 31.9 Å². The van der Waals surface area contributed by atoms with Crippen molar-refractivity contribution in [1.82, 2.24) is 24.0 Å². The monoisotopic (exact) mass is 353 g/mol. The largest absolute Gasteiger partial charge is 0.330 e. The molecule has 3 aromatic rings. The molecule has 1 unspecified atom stereocenters. The van der Waals surface area contributed by atoms with E-state index >= 15 is 0 Å². The smallest absolute Gasteiger partial charge is 0.328 e. The molecule has 0 spiro atoms. The van der Waals surface area contributed by atoms with E-state index in [1.165, 1.54) is 10.6 Å². The second kappa shape index (κ2) is 6.57. The number of benzene rings is 1. The zero-order chi connectivity index (χ0) is 18.3. The Bertz CT molecular complexity index is 1030. The van der Waals surface area contributed by atoms with E-state index in [2.05, 4.69) is 27.6 Å². The molecule has 1 N–H and O–H groups in total. The van der Waals surface area contributed by atoms with Crippen LogP contribution < -0.4 is 11.2 Å². The molecule has 3 heterocycles. The van der Waals surface area contributed by atoms with Crippen LogP contribution in [0.5, 0.6) is 0 Å². The Morgan fingerprint density at radius 3 is 2.81 bits per heavy atom. The predicted molar refractivity (Wildman–Crippen MR) is 100 cm³/mol. The second-order valence-corrected chi connectivity index (χ2v) is 6.96. The molecule has 7 heteroatoms. The first-order chi connectivity index (χ1) is 12.5. The fraction of sp³-hybridized carbons (Fsp3) is 0.421. The molecule has 1 aromatic carbocycles. The number of rotatable bonds is 4. The minimum atomic E-state index is -0.339. The van der Waals surface area contributed by atoms with Crippen LogP contribution in [0.1, 0.15) is 30.4 Å². The highest BCUT2D eigenvalue weighted by Crippen LogP contribution is 2.32. The first-order valence-electron chi connectivity index (χ1n) is 9.01. The maximum absolute atomic E-state index is 12.1. The highest BCUT2D eigenvalue weighted by Gasteiger charge is 2.29. The number of hydrogen-bond acceptors (Lipinski definition) is 4. The van der Waals surface area contributed by atoms with Crippen molar-refractivity contribution in [3.63, 3.8) is 0 Å². The number of likely N-dealkylation sites (tertiary alicyclic amines) is 1. The van der Waals surface area contributed by atoms with Crippen LogP contribution in [0.15, 0.2) is 39.9 Å². The van der Waals surface area contributed by atoms with Crippen LogP contribution in [0.25, 0.3) is 11.0 Å². The van der Waals surface area contributed by atoms with Crippen LogP contribution in [0.4, 0.5) is 0 Å². The van der Waals surface area contributed by atoms with Gasteiger partial charge in [0.2, 0.25) is 0 Å². The summed E-state index contributed by atoms with van der Waals surface area (Å²) in [5, 5.41) is 0. The third-order valence-corrected chi connectivity index (χ3v) is 5.25. The van der Waals surface area contributed by atoms with E-state index in [4.69, 9.17) is 4.98 Å². The van der Waals surface area contributed by atoms with E-state index in [0.717, 1.165) is 36.2 Å². The van der Waals surface area contributed by atoms with E-state index in [1.807, 2.05) is 18.2 Å². The number of aromatic nitrogens is 4. The maximum Gasteiger partial charge on any atom is 0.328 e. The van der Waals surface area contributed by atoms with Crippen molar-refractivity contribution in [2.24, 2.45) is 7.05 Å². The van der Waals surface area contributed by atoms with Gasteiger partial charge in [0.15, 0.2) is 0 Å². The number of H-pyrrole nitrogens is 1. The lowest BCUT2D eigenvalue weighted by atomic mass is 10.2. The molecule has 26 heavy (non-hydrogen) atoms. The molecule has 0 saturated carbocycles. The number of hydrogen-bond donors (Lipinski definition) is 1. The summed E-state index contributed by atoms with van der Waals surface area (Å²) in [5.74, 6) is 1.05. The molecule has 0 amide bonds. The summed E-state index contributed by atoms with van der Waals surface area (Å²) < 4.78 is 3.43. The van der Waals surface area contributed by atoms with E-state index < -0.39 is 0 Å². The lowest BCUT2D eigenvalue weighted by molar-refractivity contribution is 0.234. The molecule has 1 fully saturated rings. The summed E-state index contributed by atoms with van der Waals surface area (Å²) in [7, 11) is 2.05. The fourth-order valence-corrected chi connectivity index (χ4v) is 3.92. The molecule has 1 atom stereocenters. The molecular formula is C19H23N5O2. The number of nitrogens with zero attached hydrogens (tertiary/aromatic N) is 4. The summed E-state index contributed by atoms with van der Waals surface area (Å²) in [5.41, 5.74) is 2.14. The van der Waals surface area contributed by atoms with Gasteiger partial charge in [0.25, 0.3) is 5.56 Å².